The molecule has 3 aromatic rings. The number of nitrogens with one attached hydrogen (secondary N) is 1. The second-order valence-electron chi connectivity index (χ2n) is 7.01. The van der Waals surface area contributed by atoms with Crippen molar-refractivity contribution >= 4 is 39.3 Å². The second kappa shape index (κ2) is 9.64. The lowest BCUT2D eigenvalue weighted by Crippen LogP contribution is -2.26. The summed E-state index contributed by atoms with van der Waals surface area (Å²) in [4.78, 5) is 17.8. The number of halogens is 1. The zero-order chi connectivity index (χ0) is 21.0. The van der Waals surface area contributed by atoms with Crippen LogP contribution >= 0.6 is 23.1 Å². The van der Waals surface area contributed by atoms with Gasteiger partial charge >= 0.3 is 0 Å². The van der Waals surface area contributed by atoms with Gasteiger partial charge in [-0.15, -0.1) is 0 Å². The summed E-state index contributed by atoms with van der Waals surface area (Å²) in [6, 6.07) is 2.91. The molecule has 3 aromatic heterocycles. The third-order valence-electron chi connectivity index (χ3n) is 4.15. The number of methoxy groups -OCH3 is 1. The highest BCUT2D eigenvalue weighted by Crippen LogP contribution is 2.37. The molecule has 0 spiro atoms. The van der Waals surface area contributed by atoms with Crippen molar-refractivity contribution in [2.45, 2.75) is 43.6 Å². The van der Waals surface area contributed by atoms with Crippen molar-refractivity contribution in [1.82, 2.24) is 19.9 Å². The van der Waals surface area contributed by atoms with Crippen LogP contribution < -0.4 is 10.1 Å². The van der Waals surface area contributed by atoms with E-state index in [-0.39, 0.29) is 23.7 Å². The van der Waals surface area contributed by atoms with E-state index in [2.05, 4.69) is 39.1 Å². The molecular weight excluding hydrogens is 413 g/mol. The van der Waals surface area contributed by atoms with Gasteiger partial charge in [0.05, 0.1) is 36.9 Å². The lowest BCUT2D eigenvalue weighted by atomic mass is 10.0. The molecule has 0 aliphatic heterocycles. The summed E-state index contributed by atoms with van der Waals surface area (Å²) in [6.45, 7) is 6.17. The zero-order valence-electron chi connectivity index (χ0n) is 16.7. The molecule has 3 heterocycles. The second-order valence-corrected chi connectivity index (χ2v) is 9.28. The minimum Gasteiger partial charge on any atom is -0.473 e. The largest absolute Gasteiger partial charge is 0.473 e. The zero-order valence-corrected chi connectivity index (χ0v) is 18.4. The van der Waals surface area contributed by atoms with Gasteiger partial charge in [0.15, 0.2) is 16.6 Å². The SMILES string of the molecule is COc1nc2nc(S[C@@H](C)c3ccc(F)cn3)nc(N[C@@H](CO)CC(C)C)c2s1. The molecule has 7 nitrogen and oxygen atoms in total. The third kappa shape index (κ3) is 5.52. The van der Waals surface area contributed by atoms with Crippen molar-refractivity contribution in [3.05, 3.63) is 29.8 Å². The van der Waals surface area contributed by atoms with Crippen LogP contribution in [0.2, 0.25) is 0 Å². The highest BCUT2D eigenvalue weighted by molar-refractivity contribution is 7.99. The first kappa shape index (κ1) is 21.7. The number of ether oxygens (including phenoxy) is 1. The predicted octanol–water partition coefficient (Wildman–Crippen LogP) is 4.30. The van der Waals surface area contributed by atoms with Crippen molar-refractivity contribution in [3.63, 3.8) is 0 Å². The Morgan fingerprint density at radius 1 is 1.24 bits per heavy atom. The first-order valence-electron chi connectivity index (χ1n) is 9.27. The molecule has 2 atom stereocenters. The van der Waals surface area contributed by atoms with Gasteiger partial charge in [0.1, 0.15) is 10.5 Å². The average molecular weight is 438 g/mol. The Bertz CT molecular complexity index is 952. The molecule has 0 unspecified atom stereocenters. The molecule has 0 amide bonds. The molecule has 0 fully saturated rings. The van der Waals surface area contributed by atoms with Crippen molar-refractivity contribution < 1.29 is 14.2 Å². The maximum Gasteiger partial charge on any atom is 0.275 e. The van der Waals surface area contributed by atoms with Crippen molar-refractivity contribution in [3.8, 4) is 5.19 Å². The number of aromatic nitrogens is 4. The van der Waals surface area contributed by atoms with E-state index in [4.69, 9.17) is 4.74 Å². The first-order valence-corrected chi connectivity index (χ1v) is 11.0. The minimum absolute atomic E-state index is 0.00199. The van der Waals surface area contributed by atoms with E-state index in [1.54, 1.807) is 13.2 Å². The van der Waals surface area contributed by atoms with Crippen LogP contribution in [0.3, 0.4) is 0 Å². The van der Waals surface area contributed by atoms with Crippen molar-refractivity contribution in [2.75, 3.05) is 19.0 Å². The lowest BCUT2D eigenvalue weighted by molar-refractivity contribution is 0.259. The first-order chi connectivity index (χ1) is 13.9. The van der Waals surface area contributed by atoms with E-state index in [1.165, 1.54) is 35.4 Å². The molecule has 0 bridgehead atoms. The van der Waals surface area contributed by atoms with Gasteiger partial charge < -0.3 is 15.2 Å². The van der Waals surface area contributed by atoms with Crippen LogP contribution in [0.5, 0.6) is 5.19 Å². The summed E-state index contributed by atoms with van der Waals surface area (Å²) in [5.74, 6) is 0.675. The Kier molecular flexibility index (Phi) is 7.20. The average Bonchev–Trinajstić information content (AvgIpc) is 3.11. The standard InChI is InChI=1S/C19H24FN5O2S2/c1-10(2)7-13(9-26)22-16-15-17(25-19(27-4)29-15)24-18(23-16)28-11(3)14-6-5-12(20)8-21-14/h5-6,8,10-11,13,26H,7,9H2,1-4H3,(H,22,23,24)/t11-,13+/m0/s1. The van der Waals surface area contributed by atoms with Crippen LogP contribution in [0.1, 0.15) is 38.1 Å². The summed E-state index contributed by atoms with van der Waals surface area (Å²) in [5.41, 5.74) is 1.27. The molecule has 0 aliphatic carbocycles. The summed E-state index contributed by atoms with van der Waals surface area (Å²) in [5, 5.41) is 14.0. The highest BCUT2D eigenvalue weighted by atomic mass is 32.2. The molecule has 29 heavy (non-hydrogen) atoms. The molecule has 0 radical (unpaired) electrons. The Balaban J connectivity index is 1.92. The van der Waals surface area contributed by atoms with E-state index in [0.29, 0.717) is 27.7 Å². The van der Waals surface area contributed by atoms with Crippen LogP contribution in [0.25, 0.3) is 10.3 Å². The van der Waals surface area contributed by atoms with E-state index < -0.39 is 0 Å². The molecule has 3 rings (SSSR count). The molecule has 156 valence electrons. The van der Waals surface area contributed by atoms with Gasteiger partial charge in [-0.25, -0.2) is 14.4 Å². The Hall–Kier alpha value is -2.04. The normalized spacial score (nSPS) is 13.6. The third-order valence-corrected chi connectivity index (χ3v) is 6.16. The molecule has 0 aromatic carbocycles. The van der Waals surface area contributed by atoms with Crippen LogP contribution in [-0.2, 0) is 0 Å². The summed E-state index contributed by atoms with van der Waals surface area (Å²) >= 11 is 2.77. The Labute approximate surface area is 177 Å². The maximum atomic E-state index is 13.1. The summed E-state index contributed by atoms with van der Waals surface area (Å²) in [6.07, 6.45) is 2.00. The highest BCUT2D eigenvalue weighted by Gasteiger charge is 2.19. The molecular formula is C19H24FN5O2S2. The fourth-order valence-electron chi connectivity index (χ4n) is 2.81. The molecule has 10 heteroatoms. The molecule has 0 saturated heterocycles. The number of thiazole rings is 1. The van der Waals surface area contributed by atoms with Gasteiger partial charge in [0, 0.05) is 0 Å². The summed E-state index contributed by atoms with van der Waals surface area (Å²) < 4.78 is 19.2. The topological polar surface area (TPSA) is 93.1 Å². The number of fused-ring (bicyclic) bond motifs is 1. The van der Waals surface area contributed by atoms with Gasteiger partial charge in [-0.3, -0.25) is 4.98 Å². The number of rotatable bonds is 9. The van der Waals surface area contributed by atoms with E-state index >= 15 is 0 Å². The van der Waals surface area contributed by atoms with Crippen LogP contribution in [0.4, 0.5) is 10.2 Å². The number of thioether (sulfide) groups is 1. The number of aliphatic hydroxyl groups excluding tert-OH is 1. The number of anilines is 1. The summed E-state index contributed by atoms with van der Waals surface area (Å²) in [7, 11) is 1.56. The van der Waals surface area contributed by atoms with E-state index in [0.717, 1.165) is 16.8 Å². The fourth-order valence-corrected chi connectivity index (χ4v) is 4.44. The number of hydrogen-bond donors (Lipinski definition) is 2. The quantitative estimate of drug-likeness (QED) is 0.378. The minimum atomic E-state index is -0.370. The van der Waals surface area contributed by atoms with E-state index in [1.807, 2.05) is 6.92 Å². The van der Waals surface area contributed by atoms with Gasteiger partial charge in [-0.1, -0.05) is 36.9 Å². The monoisotopic (exact) mass is 437 g/mol. The number of aliphatic hydroxyl groups is 1. The Morgan fingerprint density at radius 3 is 2.66 bits per heavy atom. The smallest absolute Gasteiger partial charge is 0.275 e. The fraction of sp³-hybridized carbons (Fsp3) is 0.474. The van der Waals surface area contributed by atoms with E-state index in [9.17, 15) is 9.50 Å². The number of pyridine rings is 1. The van der Waals surface area contributed by atoms with Gasteiger partial charge in [0.25, 0.3) is 5.19 Å². The molecule has 2 N–H and O–H groups in total. The van der Waals surface area contributed by atoms with Crippen LogP contribution in [-0.4, -0.2) is 44.8 Å². The number of nitrogens with zero attached hydrogens (tertiary/aromatic N) is 4. The van der Waals surface area contributed by atoms with Crippen LogP contribution in [0, 0.1) is 11.7 Å². The van der Waals surface area contributed by atoms with Crippen molar-refractivity contribution in [1.29, 1.82) is 0 Å². The van der Waals surface area contributed by atoms with Crippen LogP contribution in [0.15, 0.2) is 23.5 Å². The molecule has 0 saturated carbocycles. The van der Waals surface area contributed by atoms with Crippen molar-refractivity contribution in [2.24, 2.45) is 5.92 Å². The maximum absolute atomic E-state index is 13.1. The number of hydrogen-bond acceptors (Lipinski definition) is 9. The van der Waals surface area contributed by atoms with Gasteiger partial charge in [-0.05, 0) is 31.4 Å². The predicted molar refractivity (Wildman–Crippen MR) is 114 cm³/mol. The van der Waals surface area contributed by atoms with Gasteiger partial charge in [-0.2, -0.15) is 4.98 Å². The lowest BCUT2D eigenvalue weighted by Gasteiger charge is -2.19. The van der Waals surface area contributed by atoms with Gasteiger partial charge in [0.2, 0.25) is 0 Å². The molecule has 0 aliphatic rings. The Morgan fingerprint density at radius 2 is 2.03 bits per heavy atom.